The Balaban J connectivity index is 1.84. The van der Waals surface area contributed by atoms with Crippen LogP contribution in [-0.2, 0) is 14.4 Å². The summed E-state index contributed by atoms with van der Waals surface area (Å²) in [6.45, 7) is 0. The average Bonchev–Trinajstić information content (AvgIpc) is 2.81. The molecule has 1 spiro atoms. The molecule has 0 aromatic carbocycles. The Kier molecular flexibility index (Phi) is 2.91. The molecule has 6 heteroatoms. The number of carbonyl (C=O) groups is 3. The predicted octanol–water partition coefficient (Wildman–Crippen LogP) is 1.71. The Bertz CT molecular complexity index is 749. The zero-order valence-corrected chi connectivity index (χ0v) is 12.3. The number of amides is 2. The maximum atomic E-state index is 14.3. The second-order valence-corrected chi connectivity index (χ2v) is 6.28. The van der Waals surface area contributed by atoms with Gasteiger partial charge in [-0.25, -0.2) is 0 Å². The number of hydrogen-bond acceptors (Lipinski definition) is 4. The summed E-state index contributed by atoms with van der Waals surface area (Å²) in [6.07, 6.45) is 10.7. The van der Waals surface area contributed by atoms with Gasteiger partial charge >= 0.3 is 0 Å². The molecular formula is C17H15FN2O3. The summed E-state index contributed by atoms with van der Waals surface area (Å²) >= 11 is 0. The van der Waals surface area contributed by atoms with Crippen LogP contribution in [-0.4, -0.2) is 22.7 Å². The average molecular weight is 314 g/mol. The molecule has 0 bridgehead atoms. The van der Waals surface area contributed by atoms with Gasteiger partial charge in [-0.1, -0.05) is 34.9 Å². The Morgan fingerprint density at radius 3 is 2.87 bits per heavy atom. The number of hydrogen-bond donors (Lipinski definition) is 1. The largest absolute Gasteiger partial charge is 0.299 e. The lowest BCUT2D eigenvalue weighted by Crippen LogP contribution is -2.52. The first kappa shape index (κ1) is 14.1. The van der Waals surface area contributed by atoms with E-state index in [1.54, 1.807) is 30.4 Å². The van der Waals surface area contributed by atoms with E-state index in [1.165, 1.54) is 6.20 Å². The standard InChI is InChI=1S/C17H15FN2O3/c18-20-9-10-3-1-2-8-17(10)13(20)6-5-12(21)15(17)11-4-7-14(22)19-16(11)23/h1-3,6,8-9,11,15H,4-5,7H2,(H,19,22,23). The van der Waals surface area contributed by atoms with Crippen molar-refractivity contribution < 1.29 is 18.9 Å². The molecule has 23 heavy (non-hydrogen) atoms. The number of rotatable bonds is 1. The van der Waals surface area contributed by atoms with Crippen LogP contribution in [0, 0.1) is 17.3 Å². The molecule has 2 heterocycles. The van der Waals surface area contributed by atoms with E-state index in [9.17, 15) is 18.9 Å². The molecule has 0 aromatic heterocycles. The minimum Gasteiger partial charge on any atom is -0.299 e. The maximum absolute atomic E-state index is 14.3. The molecule has 3 unspecified atom stereocenters. The molecule has 1 N–H and O–H groups in total. The summed E-state index contributed by atoms with van der Waals surface area (Å²) in [4.78, 5) is 36.4. The van der Waals surface area contributed by atoms with Crippen LogP contribution >= 0.6 is 0 Å². The fourth-order valence-electron chi connectivity index (χ4n) is 4.20. The van der Waals surface area contributed by atoms with Gasteiger partial charge in [0.2, 0.25) is 11.8 Å². The van der Waals surface area contributed by atoms with Crippen LogP contribution in [0.25, 0.3) is 0 Å². The van der Waals surface area contributed by atoms with E-state index in [2.05, 4.69) is 5.32 Å². The van der Waals surface area contributed by atoms with Gasteiger partial charge in [0, 0.05) is 25.0 Å². The minimum absolute atomic E-state index is 0.0931. The third-order valence-electron chi connectivity index (χ3n) is 5.15. The van der Waals surface area contributed by atoms with Gasteiger partial charge in [0.25, 0.3) is 0 Å². The zero-order valence-electron chi connectivity index (χ0n) is 12.3. The Hall–Kier alpha value is -2.50. The number of nitrogens with zero attached hydrogens (tertiary/aromatic N) is 1. The quantitative estimate of drug-likeness (QED) is 0.591. The van der Waals surface area contributed by atoms with Gasteiger partial charge in [0.1, 0.15) is 5.78 Å². The second-order valence-electron chi connectivity index (χ2n) is 6.28. The van der Waals surface area contributed by atoms with Crippen molar-refractivity contribution in [1.82, 2.24) is 10.4 Å². The lowest BCUT2D eigenvalue weighted by atomic mass is 9.58. The number of piperidine rings is 1. The van der Waals surface area contributed by atoms with Gasteiger partial charge in [-0.05, 0) is 12.0 Å². The van der Waals surface area contributed by atoms with Gasteiger partial charge in [0.15, 0.2) is 0 Å². The molecule has 0 radical (unpaired) electrons. The molecular weight excluding hydrogens is 299 g/mol. The summed E-state index contributed by atoms with van der Waals surface area (Å²) in [6, 6.07) is 0. The summed E-state index contributed by atoms with van der Waals surface area (Å²) in [5.74, 6) is -2.17. The number of Topliss-reactive ketones (excluding diaryl/α,β-unsaturated/α-hetero) is 1. The Labute approximate surface area is 132 Å². The van der Waals surface area contributed by atoms with Crippen molar-refractivity contribution >= 4 is 17.6 Å². The number of ketones is 1. The highest BCUT2D eigenvalue weighted by Gasteiger charge is 2.58. The van der Waals surface area contributed by atoms with Crippen LogP contribution < -0.4 is 5.32 Å². The van der Waals surface area contributed by atoms with Gasteiger partial charge in [0.05, 0.1) is 17.0 Å². The Morgan fingerprint density at radius 2 is 2.09 bits per heavy atom. The minimum atomic E-state index is -0.943. The molecule has 0 aromatic rings. The van der Waals surface area contributed by atoms with Crippen LogP contribution in [0.2, 0.25) is 0 Å². The molecule has 4 rings (SSSR count). The fraction of sp³-hybridized carbons (Fsp3) is 0.353. The number of carbonyl (C=O) groups excluding carboxylic acids is 3. The Morgan fingerprint density at radius 1 is 1.26 bits per heavy atom. The topological polar surface area (TPSA) is 66.5 Å². The van der Waals surface area contributed by atoms with Crippen LogP contribution in [0.5, 0.6) is 0 Å². The molecule has 5 nitrogen and oxygen atoms in total. The fourth-order valence-corrected chi connectivity index (χ4v) is 4.20. The summed E-state index contributed by atoms with van der Waals surface area (Å²) in [7, 11) is 0. The molecule has 2 aliphatic heterocycles. The third-order valence-corrected chi connectivity index (χ3v) is 5.15. The van der Waals surface area contributed by atoms with Crippen molar-refractivity contribution in [2.45, 2.75) is 19.3 Å². The van der Waals surface area contributed by atoms with E-state index < -0.39 is 23.2 Å². The van der Waals surface area contributed by atoms with E-state index in [-0.39, 0.29) is 24.5 Å². The van der Waals surface area contributed by atoms with E-state index in [1.807, 2.05) is 0 Å². The van der Waals surface area contributed by atoms with Crippen molar-refractivity contribution in [3.63, 3.8) is 0 Å². The molecule has 1 fully saturated rings. The molecule has 4 aliphatic rings. The van der Waals surface area contributed by atoms with E-state index in [0.717, 1.165) is 0 Å². The number of imide groups is 1. The van der Waals surface area contributed by atoms with E-state index in [0.29, 0.717) is 22.8 Å². The van der Waals surface area contributed by atoms with Crippen LogP contribution in [0.3, 0.4) is 0 Å². The molecule has 118 valence electrons. The summed E-state index contributed by atoms with van der Waals surface area (Å²) in [5, 5.41) is 2.85. The molecule has 2 amide bonds. The maximum Gasteiger partial charge on any atom is 0.230 e. The molecule has 3 atom stereocenters. The van der Waals surface area contributed by atoms with Gasteiger partial charge in [-0.15, -0.1) is 0 Å². The van der Waals surface area contributed by atoms with Crippen LogP contribution in [0.15, 0.2) is 47.9 Å². The van der Waals surface area contributed by atoms with Crippen molar-refractivity contribution in [2.75, 3.05) is 0 Å². The predicted molar refractivity (Wildman–Crippen MR) is 78.8 cm³/mol. The lowest BCUT2D eigenvalue weighted by Gasteiger charge is -2.44. The van der Waals surface area contributed by atoms with Crippen molar-refractivity contribution in [2.24, 2.45) is 17.3 Å². The normalized spacial score (nSPS) is 35.5. The monoisotopic (exact) mass is 314 g/mol. The first-order chi connectivity index (χ1) is 11.0. The first-order valence-corrected chi connectivity index (χ1v) is 7.64. The highest BCUT2D eigenvalue weighted by atomic mass is 19.2. The van der Waals surface area contributed by atoms with E-state index in [4.69, 9.17) is 0 Å². The molecule has 1 saturated heterocycles. The highest BCUT2D eigenvalue weighted by molar-refractivity contribution is 6.02. The van der Waals surface area contributed by atoms with Gasteiger partial charge in [-0.3, -0.25) is 19.7 Å². The van der Waals surface area contributed by atoms with Crippen LogP contribution in [0.1, 0.15) is 19.3 Å². The van der Waals surface area contributed by atoms with Gasteiger partial charge in [-0.2, -0.15) is 5.12 Å². The SMILES string of the molecule is O=C1CCC(C2C(=O)CC=C3N(F)C=C4C=CC=CC432)C(=O)N1. The molecule has 2 aliphatic carbocycles. The highest BCUT2D eigenvalue weighted by Crippen LogP contribution is 2.57. The number of nitrogens with one attached hydrogen (secondary N) is 1. The zero-order chi connectivity index (χ0) is 16.2. The van der Waals surface area contributed by atoms with Crippen molar-refractivity contribution in [3.8, 4) is 0 Å². The van der Waals surface area contributed by atoms with E-state index >= 15 is 0 Å². The summed E-state index contributed by atoms with van der Waals surface area (Å²) < 4.78 is 14.3. The molecule has 0 saturated carbocycles. The summed E-state index contributed by atoms with van der Waals surface area (Å²) in [5.41, 5.74) is 0.111. The third kappa shape index (κ3) is 1.81. The smallest absolute Gasteiger partial charge is 0.230 e. The van der Waals surface area contributed by atoms with Crippen molar-refractivity contribution in [1.29, 1.82) is 0 Å². The number of allylic oxidation sites excluding steroid dienone is 5. The van der Waals surface area contributed by atoms with Crippen molar-refractivity contribution in [3.05, 3.63) is 47.9 Å². The number of halogens is 1. The first-order valence-electron chi connectivity index (χ1n) is 7.64. The second kappa shape index (κ2) is 4.75. The lowest BCUT2D eigenvalue weighted by molar-refractivity contribution is -0.143. The van der Waals surface area contributed by atoms with Gasteiger partial charge < -0.3 is 0 Å². The van der Waals surface area contributed by atoms with Crippen LogP contribution in [0.4, 0.5) is 4.48 Å².